The average molecular weight is 312 g/mol. The molecule has 0 spiro atoms. The van der Waals surface area contributed by atoms with E-state index in [1.807, 2.05) is 12.2 Å². The van der Waals surface area contributed by atoms with Gasteiger partial charge in [-0.15, -0.1) is 0 Å². The van der Waals surface area contributed by atoms with E-state index in [0.29, 0.717) is 12.8 Å². The molecule has 0 fully saturated rings. The maximum absolute atomic E-state index is 11.6. The van der Waals surface area contributed by atoms with Gasteiger partial charge < -0.3 is 14.6 Å². The number of aliphatic carboxylic acids is 1. The Labute approximate surface area is 130 Å². The minimum Gasteiger partial charge on any atom is -0.481 e. The summed E-state index contributed by atoms with van der Waals surface area (Å²) >= 11 is 0. The van der Waals surface area contributed by atoms with Gasteiger partial charge in [0, 0.05) is 0 Å². The highest BCUT2D eigenvalue weighted by molar-refractivity contribution is 5.94. The van der Waals surface area contributed by atoms with E-state index in [2.05, 4.69) is 9.47 Å². The highest BCUT2D eigenvalue weighted by atomic mass is 16.5. The summed E-state index contributed by atoms with van der Waals surface area (Å²) in [6, 6.07) is 0. The van der Waals surface area contributed by atoms with Crippen molar-refractivity contribution in [2.45, 2.75) is 38.5 Å². The minimum atomic E-state index is -0.888. The molecule has 0 aliphatic heterocycles. The molecule has 0 amide bonds. The van der Waals surface area contributed by atoms with E-state index in [4.69, 9.17) is 5.11 Å². The van der Waals surface area contributed by atoms with Crippen LogP contribution in [0.3, 0.4) is 0 Å². The van der Waals surface area contributed by atoms with Gasteiger partial charge in [0.1, 0.15) is 0 Å². The summed E-state index contributed by atoms with van der Waals surface area (Å²) in [7, 11) is 2.50. The van der Waals surface area contributed by atoms with Gasteiger partial charge in [0.15, 0.2) is 5.92 Å². The zero-order valence-corrected chi connectivity index (χ0v) is 13.1. The standard InChI is InChI=1S/C16H24O6/c1-21-15(19)13(16(20)22-2)9-8-11-4-3-5-12(7-6-11)10-14(17)18/h6-7,11-13H,3-5,8-10H2,1-2H3,(H,17,18)/t11-,12+/m0/s1. The average Bonchev–Trinajstić information content (AvgIpc) is 2.71. The Bertz CT molecular complexity index is 412. The molecule has 1 rings (SSSR count). The number of ether oxygens (including phenoxy) is 2. The molecule has 0 aromatic rings. The predicted octanol–water partition coefficient (Wildman–Crippen LogP) is 2.18. The minimum absolute atomic E-state index is 0.0690. The van der Waals surface area contributed by atoms with Gasteiger partial charge in [-0.1, -0.05) is 18.6 Å². The van der Waals surface area contributed by atoms with Crippen molar-refractivity contribution < 1.29 is 29.0 Å². The van der Waals surface area contributed by atoms with Gasteiger partial charge in [0.25, 0.3) is 0 Å². The normalized spacial score (nSPS) is 21.2. The van der Waals surface area contributed by atoms with E-state index in [9.17, 15) is 14.4 Å². The molecule has 0 radical (unpaired) electrons. The Balaban J connectivity index is 2.56. The quantitative estimate of drug-likeness (QED) is 0.440. The molecule has 0 heterocycles. The highest BCUT2D eigenvalue weighted by Gasteiger charge is 2.29. The van der Waals surface area contributed by atoms with Crippen LogP contribution in [-0.2, 0) is 23.9 Å². The van der Waals surface area contributed by atoms with Gasteiger partial charge in [-0.25, -0.2) is 0 Å². The van der Waals surface area contributed by atoms with Crippen molar-refractivity contribution in [1.82, 2.24) is 0 Å². The van der Waals surface area contributed by atoms with Crippen LogP contribution in [0.25, 0.3) is 0 Å². The SMILES string of the molecule is COC(=O)C(CC[C@@H]1C=C[C@H](CC(=O)O)CCC1)C(=O)OC. The number of carbonyl (C=O) groups is 3. The fourth-order valence-electron chi connectivity index (χ4n) is 2.78. The Kier molecular flexibility index (Phi) is 7.63. The lowest BCUT2D eigenvalue weighted by atomic mass is 9.92. The number of methoxy groups -OCH3 is 2. The first-order chi connectivity index (χ1) is 10.5. The van der Waals surface area contributed by atoms with Crippen molar-refractivity contribution in [2.24, 2.45) is 17.8 Å². The molecule has 0 aromatic heterocycles. The van der Waals surface area contributed by atoms with Crippen LogP contribution in [0.1, 0.15) is 38.5 Å². The van der Waals surface area contributed by atoms with Crippen LogP contribution < -0.4 is 0 Å². The van der Waals surface area contributed by atoms with Crippen molar-refractivity contribution in [2.75, 3.05) is 14.2 Å². The Morgan fingerprint density at radius 3 is 2.18 bits per heavy atom. The zero-order valence-electron chi connectivity index (χ0n) is 13.1. The Hall–Kier alpha value is -1.85. The molecule has 0 aromatic carbocycles. The van der Waals surface area contributed by atoms with Crippen LogP contribution in [-0.4, -0.2) is 37.2 Å². The highest BCUT2D eigenvalue weighted by Crippen LogP contribution is 2.27. The van der Waals surface area contributed by atoms with E-state index in [0.717, 1.165) is 19.3 Å². The summed E-state index contributed by atoms with van der Waals surface area (Å²) in [6.07, 6.45) is 7.90. The number of carboxylic acid groups (broad SMARTS) is 1. The second-order valence-corrected chi connectivity index (χ2v) is 5.61. The van der Waals surface area contributed by atoms with Crippen molar-refractivity contribution in [3.63, 3.8) is 0 Å². The summed E-state index contributed by atoms with van der Waals surface area (Å²) in [4.78, 5) is 34.0. The number of hydrogen-bond donors (Lipinski definition) is 1. The molecule has 1 aliphatic rings. The zero-order chi connectivity index (χ0) is 16.5. The van der Waals surface area contributed by atoms with Crippen LogP contribution >= 0.6 is 0 Å². The third-order valence-electron chi connectivity index (χ3n) is 4.04. The van der Waals surface area contributed by atoms with Gasteiger partial charge in [-0.05, 0) is 37.5 Å². The van der Waals surface area contributed by atoms with Crippen molar-refractivity contribution in [3.05, 3.63) is 12.2 Å². The molecular formula is C16H24O6. The lowest BCUT2D eigenvalue weighted by molar-refractivity contribution is -0.159. The number of carbonyl (C=O) groups excluding carboxylic acids is 2. The fourth-order valence-corrected chi connectivity index (χ4v) is 2.78. The number of allylic oxidation sites excluding steroid dienone is 2. The summed E-state index contributed by atoms with van der Waals surface area (Å²) in [5, 5.41) is 8.84. The van der Waals surface area contributed by atoms with Crippen molar-refractivity contribution in [3.8, 4) is 0 Å². The molecule has 22 heavy (non-hydrogen) atoms. The topological polar surface area (TPSA) is 89.9 Å². The van der Waals surface area contributed by atoms with E-state index in [-0.39, 0.29) is 18.3 Å². The molecular weight excluding hydrogens is 288 g/mol. The van der Waals surface area contributed by atoms with Gasteiger partial charge in [-0.3, -0.25) is 14.4 Å². The molecule has 0 saturated heterocycles. The lowest BCUT2D eigenvalue weighted by Crippen LogP contribution is -2.27. The fraction of sp³-hybridized carbons (Fsp3) is 0.688. The predicted molar refractivity (Wildman–Crippen MR) is 79.0 cm³/mol. The molecule has 6 nitrogen and oxygen atoms in total. The monoisotopic (exact) mass is 312 g/mol. The summed E-state index contributed by atoms with van der Waals surface area (Å²) in [5.74, 6) is -2.51. The molecule has 0 bridgehead atoms. The van der Waals surface area contributed by atoms with Gasteiger partial charge >= 0.3 is 17.9 Å². The van der Waals surface area contributed by atoms with E-state index in [1.165, 1.54) is 14.2 Å². The molecule has 2 atom stereocenters. The van der Waals surface area contributed by atoms with Gasteiger partial charge in [0.2, 0.25) is 0 Å². The van der Waals surface area contributed by atoms with Crippen LogP contribution in [0.2, 0.25) is 0 Å². The Morgan fingerprint density at radius 1 is 1.09 bits per heavy atom. The number of hydrogen-bond acceptors (Lipinski definition) is 5. The van der Waals surface area contributed by atoms with Crippen LogP contribution in [0.5, 0.6) is 0 Å². The van der Waals surface area contributed by atoms with Crippen molar-refractivity contribution >= 4 is 17.9 Å². The first kappa shape index (κ1) is 18.2. The summed E-state index contributed by atoms with van der Waals surface area (Å²) in [6.45, 7) is 0. The maximum atomic E-state index is 11.6. The molecule has 6 heteroatoms. The molecule has 0 saturated carbocycles. The molecule has 124 valence electrons. The van der Waals surface area contributed by atoms with E-state index in [1.54, 1.807) is 0 Å². The number of rotatable bonds is 7. The van der Waals surface area contributed by atoms with Crippen LogP contribution in [0.4, 0.5) is 0 Å². The van der Waals surface area contributed by atoms with E-state index < -0.39 is 23.8 Å². The van der Waals surface area contributed by atoms with E-state index >= 15 is 0 Å². The maximum Gasteiger partial charge on any atom is 0.320 e. The molecule has 0 unspecified atom stereocenters. The Morgan fingerprint density at radius 2 is 1.64 bits per heavy atom. The van der Waals surface area contributed by atoms with Crippen LogP contribution in [0, 0.1) is 17.8 Å². The molecule has 1 aliphatic carbocycles. The van der Waals surface area contributed by atoms with Gasteiger partial charge in [-0.2, -0.15) is 0 Å². The first-order valence-electron chi connectivity index (χ1n) is 7.53. The second-order valence-electron chi connectivity index (χ2n) is 5.61. The third-order valence-corrected chi connectivity index (χ3v) is 4.04. The van der Waals surface area contributed by atoms with Gasteiger partial charge in [0.05, 0.1) is 20.6 Å². The van der Waals surface area contributed by atoms with Crippen molar-refractivity contribution in [1.29, 1.82) is 0 Å². The second kappa shape index (κ2) is 9.23. The molecule has 1 N–H and O–H groups in total. The summed E-state index contributed by atoms with van der Waals surface area (Å²) in [5.41, 5.74) is 0. The number of esters is 2. The summed E-state index contributed by atoms with van der Waals surface area (Å²) < 4.78 is 9.28. The first-order valence-corrected chi connectivity index (χ1v) is 7.53. The largest absolute Gasteiger partial charge is 0.481 e. The third kappa shape index (κ3) is 5.87. The smallest absolute Gasteiger partial charge is 0.320 e. The lowest BCUT2D eigenvalue weighted by Gasteiger charge is -2.15. The van der Waals surface area contributed by atoms with Crippen LogP contribution in [0.15, 0.2) is 12.2 Å². The number of carboxylic acids is 1.